The molecule has 1 unspecified atom stereocenters. The molecule has 6 heteroatoms. The molecular formula is C24H29N3O3. The minimum Gasteiger partial charge on any atom is -0.493 e. The number of benzene rings is 2. The monoisotopic (exact) mass is 407 g/mol. The van der Waals surface area contributed by atoms with Crippen LogP contribution in [0.25, 0.3) is 10.8 Å². The first-order valence-electron chi connectivity index (χ1n) is 10.2. The number of anilines is 1. The Morgan fingerprint density at radius 2 is 1.90 bits per heavy atom. The Labute approximate surface area is 177 Å². The highest BCUT2D eigenvalue weighted by atomic mass is 16.5. The van der Waals surface area contributed by atoms with Crippen molar-refractivity contribution in [1.82, 2.24) is 10.3 Å². The molecule has 1 aromatic heterocycles. The van der Waals surface area contributed by atoms with Gasteiger partial charge in [0.25, 0.3) is 0 Å². The van der Waals surface area contributed by atoms with E-state index in [1.54, 1.807) is 14.2 Å². The second-order valence-corrected chi connectivity index (χ2v) is 7.16. The zero-order valence-corrected chi connectivity index (χ0v) is 18.0. The van der Waals surface area contributed by atoms with E-state index in [2.05, 4.69) is 34.7 Å². The van der Waals surface area contributed by atoms with E-state index in [-0.39, 0.29) is 11.9 Å². The van der Waals surface area contributed by atoms with Gasteiger partial charge in [0, 0.05) is 18.0 Å². The Bertz CT molecular complexity index is 1010. The van der Waals surface area contributed by atoms with Gasteiger partial charge in [-0.15, -0.1) is 0 Å². The lowest BCUT2D eigenvalue weighted by Crippen LogP contribution is -2.38. The largest absolute Gasteiger partial charge is 0.493 e. The van der Waals surface area contributed by atoms with Crippen molar-refractivity contribution in [2.75, 3.05) is 26.1 Å². The number of aromatic nitrogens is 1. The molecule has 1 atom stereocenters. The summed E-state index contributed by atoms with van der Waals surface area (Å²) in [5, 5.41) is 8.48. The van der Waals surface area contributed by atoms with Crippen LogP contribution in [0, 0.1) is 0 Å². The number of ether oxygens (including phenoxy) is 2. The zero-order valence-electron chi connectivity index (χ0n) is 18.0. The molecule has 3 rings (SSSR count). The van der Waals surface area contributed by atoms with Crippen molar-refractivity contribution in [1.29, 1.82) is 0 Å². The maximum atomic E-state index is 12.8. The predicted octanol–water partition coefficient (Wildman–Crippen LogP) is 4.17. The Morgan fingerprint density at radius 1 is 1.10 bits per heavy atom. The molecule has 0 fully saturated rings. The highest BCUT2D eigenvalue weighted by Gasteiger charge is 2.21. The molecule has 2 aromatic carbocycles. The first kappa shape index (κ1) is 21.6. The van der Waals surface area contributed by atoms with Crippen LogP contribution in [-0.2, 0) is 11.2 Å². The fraction of sp³-hybridized carbons (Fsp3) is 0.333. The van der Waals surface area contributed by atoms with Crippen LogP contribution in [0.4, 0.5) is 5.69 Å². The first-order chi connectivity index (χ1) is 14.6. The van der Waals surface area contributed by atoms with Crippen molar-refractivity contribution < 1.29 is 14.3 Å². The van der Waals surface area contributed by atoms with Gasteiger partial charge in [-0.25, -0.2) is 0 Å². The summed E-state index contributed by atoms with van der Waals surface area (Å²) in [5.41, 5.74) is 2.46. The highest BCUT2D eigenvalue weighted by molar-refractivity contribution is 5.97. The molecule has 0 spiro atoms. The van der Waals surface area contributed by atoms with Gasteiger partial charge in [-0.3, -0.25) is 9.78 Å². The molecule has 0 aliphatic rings. The van der Waals surface area contributed by atoms with Crippen LogP contribution in [-0.4, -0.2) is 37.7 Å². The fourth-order valence-electron chi connectivity index (χ4n) is 3.44. The molecule has 6 nitrogen and oxygen atoms in total. The number of carbonyl (C=O) groups excluding carboxylic acids is 1. The van der Waals surface area contributed by atoms with E-state index < -0.39 is 0 Å². The number of hydrogen-bond donors (Lipinski definition) is 2. The van der Waals surface area contributed by atoms with E-state index >= 15 is 0 Å². The van der Waals surface area contributed by atoms with Crippen LogP contribution in [0.2, 0.25) is 0 Å². The van der Waals surface area contributed by atoms with Crippen molar-refractivity contribution in [2.24, 2.45) is 0 Å². The van der Waals surface area contributed by atoms with Gasteiger partial charge in [0.15, 0.2) is 11.5 Å². The third-order valence-electron chi connectivity index (χ3n) is 5.09. The molecule has 0 bridgehead atoms. The smallest absolute Gasteiger partial charge is 0.241 e. The molecule has 158 valence electrons. The zero-order chi connectivity index (χ0) is 21.5. The summed E-state index contributed by atoms with van der Waals surface area (Å²) in [6, 6.07) is 13.6. The van der Waals surface area contributed by atoms with E-state index in [0.717, 1.165) is 35.0 Å². The molecule has 0 aliphatic heterocycles. The lowest BCUT2D eigenvalue weighted by molar-refractivity contribution is -0.117. The van der Waals surface area contributed by atoms with Gasteiger partial charge < -0.3 is 20.1 Å². The van der Waals surface area contributed by atoms with Gasteiger partial charge in [-0.1, -0.05) is 37.3 Å². The molecule has 0 saturated carbocycles. The fourth-order valence-corrected chi connectivity index (χ4v) is 3.44. The molecule has 0 saturated heterocycles. The van der Waals surface area contributed by atoms with Crippen LogP contribution in [0.1, 0.15) is 31.5 Å². The van der Waals surface area contributed by atoms with Crippen molar-refractivity contribution in [3.05, 3.63) is 59.9 Å². The third kappa shape index (κ3) is 4.71. The Balaban J connectivity index is 2.00. The number of nitrogens with zero attached hydrogens (tertiary/aromatic N) is 1. The van der Waals surface area contributed by atoms with E-state index in [1.807, 2.05) is 43.5 Å². The summed E-state index contributed by atoms with van der Waals surface area (Å²) >= 11 is 0. The average Bonchev–Trinajstić information content (AvgIpc) is 2.78. The molecule has 2 N–H and O–H groups in total. The second kappa shape index (κ2) is 10.1. The topological polar surface area (TPSA) is 72.5 Å². The normalized spacial score (nSPS) is 11.9. The summed E-state index contributed by atoms with van der Waals surface area (Å²) in [6.45, 7) is 4.69. The molecule has 3 aromatic rings. The molecule has 0 aliphatic carbocycles. The number of amides is 1. The number of nitrogens with one attached hydrogen (secondary N) is 2. The minimum absolute atomic E-state index is 0.123. The predicted molar refractivity (Wildman–Crippen MR) is 120 cm³/mol. The molecule has 1 heterocycles. The van der Waals surface area contributed by atoms with Gasteiger partial charge in [0.2, 0.25) is 5.91 Å². The van der Waals surface area contributed by atoms with Gasteiger partial charge >= 0.3 is 0 Å². The summed E-state index contributed by atoms with van der Waals surface area (Å²) < 4.78 is 11.1. The van der Waals surface area contributed by atoms with E-state index in [9.17, 15) is 4.79 Å². The molecule has 30 heavy (non-hydrogen) atoms. The number of carbonyl (C=O) groups is 1. The lowest BCUT2D eigenvalue weighted by atomic mass is 10.0. The van der Waals surface area contributed by atoms with E-state index in [4.69, 9.17) is 9.47 Å². The standard InChI is InChI=1S/C24H29N3O3/c1-5-13-25-16(2)24(28)27-22-18(10-11-21(29-3)23(22)30-4)15-20-19-9-7-6-8-17(19)12-14-26-20/h6-12,14,16,25H,5,13,15H2,1-4H3,(H,27,28). The van der Waals surface area contributed by atoms with Crippen molar-refractivity contribution in [2.45, 2.75) is 32.7 Å². The van der Waals surface area contributed by atoms with Crippen LogP contribution < -0.4 is 20.1 Å². The number of hydrogen-bond acceptors (Lipinski definition) is 5. The Hall–Kier alpha value is -3.12. The number of fused-ring (bicyclic) bond motifs is 1. The van der Waals surface area contributed by atoms with Crippen LogP contribution in [0.5, 0.6) is 11.5 Å². The van der Waals surface area contributed by atoms with Crippen LogP contribution >= 0.6 is 0 Å². The SMILES string of the molecule is CCCNC(C)C(=O)Nc1c(Cc2nccc3ccccc23)ccc(OC)c1OC. The lowest BCUT2D eigenvalue weighted by Gasteiger charge is -2.20. The molecular weight excluding hydrogens is 378 g/mol. The number of rotatable bonds is 9. The second-order valence-electron chi connectivity index (χ2n) is 7.16. The minimum atomic E-state index is -0.329. The maximum Gasteiger partial charge on any atom is 0.241 e. The summed E-state index contributed by atoms with van der Waals surface area (Å²) in [6.07, 6.45) is 3.32. The van der Waals surface area contributed by atoms with Crippen molar-refractivity contribution in [3.63, 3.8) is 0 Å². The summed E-state index contributed by atoms with van der Waals surface area (Å²) in [4.78, 5) is 17.4. The summed E-state index contributed by atoms with van der Waals surface area (Å²) in [5.74, 6) is 0.949. The number of pyridine rings is 1. The number of methoxy groups -OCH3 is 2. The van der Waals surface area contributed by atoms with Gasteiger partial charge in [0.1, 0.15) is 0 Å². The quantitative estimate of drug-likeness (QED) is 0.557. The van der Waals surface area contributed by atoms with Gasteiger partial charge in [0.05, 0.1) is 31.6 Å². The van der Waals surface area contributed by atoms with Gasteiger partial charge in [-0.05, 0) is 43.0 Å². The van der Waals surface area contributed by atoms with Gasteiger partial charge in [-0.2, -0.15) is 0 Å². The Morgan fingerprint density at radius 3 is 2.63 bits per heavy atom. The van der Waals surface area contributed by atoms with E-state index in [1.165, 1.54) is 0 Å². The molecule has 0 radical (unpaired) electrons. The van der Waals surface area contributed by atoms with Crippen molar-refractivity contribution in [3.8, 4) is 11.5 Å². The van der Waals surface area contributed by atoms with Crippen LogP contribution in [0.3, 0.4) is 0 Å². The Kier molecular flexibility index (Phi) is 7.25. The first-order valence-corrected chi connectivity index (χ1v) is 10.2. The highest BCUT2D eigenvalue weighted by Crippen LogP contribution is 2.39. The maximum absolute atomic E-state index is 12.8. The average molecular weight is 408 g/mol. The summed E-state index contributed by atoms with van der Waals surface area (Å²) in [7, 11) is 3.16. The molecule has 1 amide bonds. The van der Waals surface area contributed by atoms with E-state index in [0.29, 0.717) is 23.6 Å². The van der Waals surface area contributed by atoms with Crippen molar-refractivity contribution >= 4 is 22.4 Å². The van der Waals surface area contributed by atoms with Crippen LogP contribution in [0.15, 0.2) is 48.7 Å². The third-order valence-corrected chi connectivity index (χ3v) is 5.09.